The molecule has 0 aromatic carbocycles. The molecule has 1 fully saturated rings. The van der Waals surface area contributed by atoms with E-state index in [0.29, 0.717) is 18.9 Å². The highest BCUT2D eigenvalue weighted by molar-refractivity contribution is 5.68. The zero-order valence-corrected chi connectivity index (χ0v) is 12.2. The Morgan fingerprint density at radius 1 is 1.48 bits per heavy atom. The lowest BCUT2D eigenvalue weighted by atomic mass is 10.1. The van der Waals surface area contributed by atoms with E-state index in [4.69, 9.17) is 4.74 Å². The summed E-state index contributed by atoms with van der Waals surface area (Å²) >= 11 is 0. The van der Waals surface area contributed by atoms with Crippen molar-refractivity contribution in [2.45, 2.75) is 32.4 Å². The molecule has 114 valence electrons. The van der Waals surface area contributed by atoms with E-state index in [0.717, 1.165) is 0 Å². The first-order valence-corrected chi connectivity index (χ1v) is 6.59. The lowest BCUT2D eigenvalue weighted by Gasteiger charge is -2.40. The van der Waals surface area contributed by atoms with Crippen LogP contribution in [0.2, 0.25) is 0 Å². The first-order chi connectivity index (χ1) is 9.74. The minimum Gasteiger partial charge on any atom is -0.444 e. The van der Waals surface area contributed by atoms with Gasteiger partial charge in [0, 0.05) is 19.2 Å². The first-order valence-electron chi connectivity index (χ1n) is 6.59. The van der Waals surface area contributed by atoms with Gasteiger partial charge in [-0.1, -0.05) is 0 Å². The van der Waals surface area contributed by atoms with Gasteiger partial charge in [0.2, 0.25) is 0 Å². The number of hydrogen-bond donors (Lipinski definition) is 1. The van der Waals surface area contributed by atoms with Crippen molar-refractivity contribution in [3.8, 4) is 0 Å². The lowest BCUT2D eigenvalue weighted by Crippen LogP contribution is -2.60. The van der Waals surface area contributed by atoms with E-state index < -0.39 is 16.6 Å². The molecule has 1 aromatic heterocycles. The van der Waals surface area contributed by atoms with E-state index in [1.165, 1.54) is 12.3 Å². The van der Waals surface area contributed by atoms with Gasteiger partial charge >= 0.3 is 6.09 Å². The fraction of sp³-hybridized carbons (Fsp3) is 0.538. The van der Waals surface area contributed by atoms with Crippen LogP contribution in [0, 0.1) is 10.1 Å². The van der Waals surface area contributed by atoms with Gasteiger partial charge in [-0.2, -0.15) is 0 Å². The molecular formula is C13H18N4O4. The van der Waals surface area contributed by atoms with Crippen molar-refractivity contribution >= 4 is 17.6 Å². The highest BCUT2D eigenvalue weighted by Gasteiger charge is 2.30. The molecule has 8 nitrogen and oxygen atoms in total. The average molecular weight is 294 g/mol. The number of nitrogens with zero attached hydrogens (tertiary/aromatic N) is 3. The van der Waals surface area contributed by atoms with Crippen LogP contribution in [0.1, 0.15) is 20.8 Å². The summed E-state index contributed by atoms with van der Waals surface area (Å²) in [7, 11) is 0. The average Bonchev–Trinajstić information content (AvgIpc) is 2.31. The number of hydrogen-bond acceptors (Lipinski definition) is 6. The molecule has 2 rings (SSSR count). The Balaban J connectivity index is 1.81. The summed E-state index contributed by atoms with van der Waals surface area (Å²) in [5, 5.41) is 13.3. The number of nitrogens with one attached hydrogen (secondary N) is 1. The van der Waals surface area contributed by atoms with E-state index in [1.807, 2.05) is 4.90 Å². The van der Waals surface area contributed by atoms with Crippen molar-refractivity contribution in [3.63, 3.8) is 0 Å². The molecule has 1 N–H and O–H groups in total. The van der Waals surface area contributed by atoms with Crippen LogP contribution in [0.25, 0.3) is 0 Å². The Kier molecular flexibility index (Phi) is 3.97. The Morgan fingerprint density at radius 3 is 2.62 bits per heavy atom. The summed E-state index contributed by atoms with van der Waals surface area (Å²) in [6.45, 7) is 6.62. The topological polar surface area (TPSA) is 97.6 Å². The fourth-order valence-corrected chi connectivity index (χ4v) is 1.90. The standard InChI is InChI=1S/C13H18N4O4/c1-13(2,3)21-12(18)15-9-7-16(8-9)11-5-4-10(6-14-11)17(19)20/h4-6,9H,7-8H2,1-3H3,(H,15,18). The van der Waals surface area contributed by atoms with E-state index in [9.17, 15) is 14.9 Å². The lowest BCUT2D eigenvalue weighted by molar-refractivity contribution is -0.385. The van der Waals surface area contributed by atoms with Gasteiger partial charge in [0.15, 0.2) is 0 Å². The number of alkyl carbamates (subject to hydrolysis) is 1. The largest absolute Gasteiger partial charge is 0.444 e. The number of pyridine rings is 1. The molecule has 0 aliphatic carbocycles. The number of aromatic nitrogens is 1. The minimum atomic E-state index is -0.520. The summed E-state index contributed by atoms with van der Waals surface area (Å²) in [6.07, 6.45) is 0.785. The van der Waals surface area contributed by atoms with Gasteiger partial charge in [-0.3, -0.25) is 10.1 Å². The number of amides is 1. The fourth-order valence-electron chi connectivity index (χ4n) is 1.90. The van der Waals surface area contributed by atoms with Gasteiger partial charge in [0.25, 0.3) is 5.69 Å². The van der Waals surface area contributed by atoms with Crippen molar-refractivity contribution in [1.29, 1.82) is 0 Å². The molecule has 2 heterocycles. The van der Waals surface area contributed by atoms with E-state index in [-0.39, 0.29) is 11.7 Å². The summed E-state index contributed by atoms with van der Waals surface area (Å²) < 4.78 is 5.17. The second kappa shape index (κ2) is 5.55. The summed E-state index contributed by atoms with van der Waals surface area (Å²) in [5.41, 5.74) is -0.560. The highest BCUT2D eigenvalue weighted by Crippen LogP contribution is 2.21. The number of carbonyl (C=O) groups excluding carboxylic acids is 1. The van der Waals surface area contributed by atoms with Gasteiger partial charge in [0.05, 0.1) is 11.0 Å². The smallest absolute Gasteiger partial charge is 0.407 e. The SMILES string of the molecule is CC(C)(C)OC(=O)NC1CN(c2ccc([N+](=O)[O-])cn2)C1. The van der Waals surface area contributed by atoms with Crippen molar-refractivity contribution in [3.05, 3.63) is 28.4 Å². The van der Waals surface area contributed by atoms with Crippen molar-refractivity contribution in [2.75, 3.05) is 18.0 Å². The Hall–Kier alpha value is -2.38. The molecule has 0 radical (unpaired) electrons. The Labute approximate surface area is 122 Å². The van der Waals surface area contributed by atoms with Crippen LogP contribution in [0.3, 0.4) is 0 Å². The predicted octanol–water partition coefficient (Wildman–Crippen LogP) is 1.70. The molecule has 1 aliphatic rings. The first kappa shape index (κ1) is 15.0. The number of anilines is 1. The summed E-state index contributed by atoms with van der Waals surface area (Å²) in [5.74, 6) is 0.655. The van der Waals surface area contributed by atoms with Crippen LogP contribution in [0.5, 0.6) is 0 Å². The van der Waals surface area contributed by atoms with Crippen LogP contribution in [-0.2, 0) is 4.74 Å². The number of rotatable bonds is 3. The third kappa shape index (κ3) is 4.04. The third-order valence-corrected chi connectivity index (χ3v) is 2.87. The number of ether oxygens (including phenoxy) is 1. The van der Waals surface area contributed by atoms with Gasteiger partial charge < -0.3 is 15.0 Å². The molecule has 0 spiro atoms. The molecule has 1 saturated heterocycles. The van der Waals surface area contributed by atoms with Crippen molar-refractivity contribution in [2.24, 2.45) is 0 Å². The summed E-state index contributed by atoms with van der Waals surface area (Å²) in [4.78, 5) is 27.6. The maximum atomic E-state index is 11.6. The minimum absolute atomic E-state index is 0.00292. The molecule has 8 heteroatoms. The van der Waals surface area contributed by atoms with Crippen LogP contribution in [0.4, 0.5) is 16.3 Å². The predicted molar refractivity (Wildman–Crippen MR) is 76.3 cm³/mol. The molecule has 1 aliphatic heterocycles. The molecule has 1 amide bonds. The van der Waals surface area contributed by atoms with Crippen molar-refractivity contribution < 1.29 is 14.5 Å². The molecular weight excluding hydrogens is 276 g/mol. The maximum absolute atomic E-state index is 11.6. The van der Waals surface area contributed by atoms with Crippen LogP contribution in [0.15, 0.2) is 18.3 Å². The van der Waals surface area contributed by atoms with Crippen LogP contribution >= 0.6 is 0 Å². The summed E-state index contributed by atoms with van der Waals surface area (Å²) in [6, 6.07) is 3.01. The molecule has 0 atom stereocenters. The molecule has 0 unspecified atom stereocenters. The van der Waals surface area contributed by atoms with E-state index >= 15 is 0 Å². The third-order valence-electron chi connectivity index (χ3n) is 2.87. The number of carbonyl (C=O) groups is 1. The van der Waals surface area contributed by atoms with Crippen LogP contribution in [-0.4, -0.2) is 40.7 Å². The van der Waals surface area contributed by atoms with Gasteiger partial charge in [-0.25, -0.2) is 9.78 Å². The van der Waals surface area contributed by atoms with Gasteiger partial charge in [0.1, 0.15) is 17.6 Å². The van der Waals surface area contributed by atoms with Crippen molar-refractivity contribution in [1.82, 2.24) is 10.3 Å². The second-order valence-corrected chi connectivity index (χ2v) is 5.88. The molecule has 0 saturated carbocycles. The van der Waals surface area contributed by atoms with Crippen LogP contribution < -0.4 is 10.2 Å². The molecule has 0 bridgehead atoms. The zero-order chi connectivity index (χ0) is 15.6. The molecule has 1 aromatic rings. The zero-order valence-electron chi connectivity index (χ0n) is 12.2. The Bertz CT molecular complexity index is 532. The number of nitro groups is 1. The van der Waals surface area contributed by atoms with Gasteiger partial charge in [-0.05, 0) is 26.8 Å². The van der Waals surface area contributed by atoms with Gasteiger partial charge in [-0.15, -0.1) is 0 Å². The normalized spacial score (nSPS) is 15.3. The monoisotopic (exact) mass is 294 g/mol. The maximum Gasteiger partial charge on any atom is 0.407 e. The van der Waals surface area contributed by atoms with E-state index in [1.54, 1.807) is 26.8 Å². The second-order valence-electron chi connectivity index (χ2n) is 5.88. The molecule has 21 heavy (non-hydrogen) atoms. The van der Waals surface area contributed by atoms with E-state index in [2.05, 4.69) is 10.3 Å². The Morgan fingerprint density at radius 2 is 2.14 bits per heavy atom. The highest BCUT2D eigenvalue weighted by atomic mass is 16.6. The quantitative estimate of drug-likeness (QED) is 0.673.